The van der Waals surface area contributed by atoms with Crippen LogP contribution in [0.25, 0.3) is 11.1 Å². The number of hydrogen-bond donors (Lipinski definition) is 1. The second-order valence-corrected chi connectivity index (χ2v) is 7.47. The first kappa shape index (κ1) is 14.8. The summed E-state index contributed by atoms with van der Waals surface area (Å²) in [6.07, 6.45) is 0. The number of anilines is 1. The Balaban J connectivity index is 2.19. The standard InChI is InChI=1S/C13H18N2O4S/c1-13(2,3)18-6-7-20(16,17)12-15-10-5-4-9(14)8-11(10)19-12/h4-5,8H,6-7,14H2,1-3H3. The van der Waals surface area contributed by atoms with Crippen LogP contribution in [0.15, 0.2) is 27.8 Å². The van der Waals surface area contributed by atoms with Crippen LogP contribution in [0.5, 0.6) is 0 Å². The number of nitrogen functional groups attached to an aromatic ring is 1. The van der Waals surface area contributed by atoms with Gasteiger partial charge >= 0.3 is 5.22 Å². The van der Waals surface area contributed by atoms with E-state index in [1.807, 2.05) is 20.8 Å². The smallest absolute Gasteiger partial charge is 0.316 e. The van der Waals surface area contributed by atoms with Crippen molar-refractivity contribution < 1.29 is 17.6 Å². The van der Waals surface area contributed by atoms with E-state index < -0.39 is 9.84 Å². The van der Waals surface area contributed by atoms with Gasteiger partial charge in [0.1, 0.15) is 5.52 Å². The Morgan fingerprint density at radius 1 is 1.35 bits per heavy atom. The Hall–Kier alpha value is -1.60. The molecule has 7 heteroatoms. The maximum atomic E-state index is 12.1. The van der Waals surface area contributed by atoms with Crippen molar-refractivity contribution in [3.63, 3.8) is 0 Å². The largest absolute Gasteiger partial charge is 0.428 e. The van der Waals surface area contributed by atoms with E-state index in [2.05, 4.69) is 4.98 Å². The van der Waals surface area contributed by atoms with Gasteiger partial charge in [0, 0.05) is 11.8 Å². The molecular formula is C13H18N2O4S. The van der Waals surface area contributed by atoms with Gasteiger partial charge in [-0.3, -0.25) is 0 Å². The molecule has 1 heterocycles. The Kier molecular flexibility index (Phi) is 3.75. The summed E-state index contributed by atoms with van der Waals surface area (Å²) >= 11 is 0. The molecule has 0 radical (unpaired) electrons. The average Bonchev–Trinajstić information content (AvgIpc) is 2.70. The molecule has 2 aromatic rings. The third kappa shape index (κ3) is 3.49. The number of nitrogens with two attached hydrogens (primary N) is 1. The van der Waals surface area contributed by atoms with Gasteiger partial charge in [0.2, 0.25) is 9.84 Å². The van der Waals surface area contributed by atoms with Crippen molar-refractivity contribution in [3.8, 4) is 0 Å². The van der Waals surface area contributed by atoms with Crippen LogP contribution in [0.2, 0.25) is 0 Å². The van der Waals surface area contributed by atoms with Gasteiger partial charge in [0.25, 0.3) is 0 Å². The molecule has 1 aromatic carbocycles. The first-order chi connectivity index (χ1) is 9.17. The van der Waals surface area contributed by atoms with Crippen LogP contribution >= 0.6 is 0 Å². The van der Waals surface area contributed by atoms with Crippen LogP contribution < -0.4 is 5.73 Å². The molecule has 0 aliphatic carbocycles. The number of nitrogens with zero attached hydrogens (tertiary/aromatic N) is 1. The highest BCUT2D eigenvalue weighted by Gasteiger charge is 2.23. The predicted molar refractivity (Wildman–Crippen MR) is 76.2 cm³/mol. The minimum atomic E-state index is -3.60. The second-order valence-electron chi connectivity index (χ2n) is 5.49. The molecule has 0 bridgehead atoms. The van der Waals surface area contributed by atoms with E-state index in [1.54, 1.807) is 18.2 Å². The fourth-order valence-electron chi connectivity index (χ4n) is 1.60. The molecule has 110 valence electrons. The molecule has 0 atom stereocenters. The fourth-order valence-corrected chi connectivity index (χ4v) is 2.53. The molecule has 2 rings (SSSR count). The van der Waals surface area contributed by atoms with Crippen LogP contribution in [0.1, 0.15) is 20.8 Å². The van der Waals surface area contributed by atoms with E-state index in [1.165, 1.54) is 0 Å². The molecule has 0 fully saturated rings. The summed E-state index contributed by atoms with van der Waals surface area (Å²) in [5.41, 5.74) is 6.55. The summed E-state index contributed by atoms with van der Waals surface area (Å²) in [5, 5.41) is -0.296. The van der Waals surface area contributed by atoms with Gasteiger partial charge in [-0.15, -0.1) is 0 Å². The van der Waals surface area contributed by atoms with Crippen molar-refractivity contribution in [1.82, 2.24) is 4.98 Å². The lowest BCUT2D eigenvalue weighted by molar-refractivity contribution is 0.00635. The third-order valence-corrected chi connectivity index (χ3v) is 3.96. The highest BCUT2D eigenvalue weighted by atomic mass is 32.2. The molecule has 6 nitrogen and oxygen atoms in total. The molecule has 0 amide bonds. The summed E-state index contributed by atoms with van der Waals surface area (Å²) in [6.45, 7) is 5.68. The number of ether oxygens (including phenoxy) is 1. The van der Waals surface area contributed by atoms with Crippen molar-refractivity contribution in [1.29, 1.82) is 0 Å². The van der Waals surface area contributed by atoms with E-state index in [0.717, 1.165) is 0 Å². The first-order valence-electron chi connectivity index (χ1n) is 6.20. The van der Waals surface area contributed by atoms with Crippen LogP contribution in [-0.2, 0) is 14.6 Å². The summed E-state index contributed by atoms with van der Waals surface area (Å²) in [7, 11) is -3.60. The lowest BCUT2D eigenvalue weighted by atomic mass is 10.2. The minimum Gasteiger partial charge on any atom is -0.428 e. The SMILES string of the molecule is CC(C)(C)OCCS(=O)(=O)c1nc2ccc(N)cc2o1. The number of sulfone groups is 1. The van der Waals surface area contributed by atoms with Crippen molar-refractivity contribution in [2.75, 3.05) is 18.1 Å². The zero-order valence-electron chi connectivity index (χ0n) is 11.7. The Morgan fingerprint density at radius 2 is 2.05 bits per heavy atom. The Labute approximate surface area is 117 Å². The monoisotopic (exact) mass is 298 g/mol. The van der Waals surface area contributed by atoms with Gasteiger partial charge in [-0.1, -0.05) is 0 Å². The number of rotatable bonds is 4. The van der Waals surface area contributed by atoms with Gasteiger partial charge in [-0.25, -0.2) is 8.42 Å². The van der Waals surface area contributed by atoms with Crippen LogP contribution in [0.4, 0.5) is 5.69 Å². The van der Waals surface area contributed by atoms with E-state index in [0.29, 0.717) is 16.8 Å². The minimum absolute atomic E-state index is 0.0900. The summed E-state index contributed by atoms with van der Waals surface area (Å²) < 4.78 is 34.9. The number of aromatic nitrogens is 1. The second kappa shape index (κ2) is 5.06. The van der Waals surface area contributed by atoms with Crippen LogP contribution in [0.3, 0.4) is 0 Å². The molecule has 0 unspecified atom stereocenters. The molecule has 20 heavy (non-hydrogen) atoms. The zero-order valence-corrected chi connectivity index (χ0v) is 12.5. The summed E-state index contributed by atoms with van der Waals surface area (Å²) in [5.74, 6) is -0.174. The quantitative estimate of drug-likeness (QED) is 0.867. The first-order valence-corrected chi connectivity index (χ1v) is 7.85. The van der Waals surface area contributed by atoms with Crippen molar-refractivity contribution in [2.45, 2.75) is 31.6 Å². The maximum absolute atomic E-state index is 12.1. The molecule has 1 aromatic heterocycles. The van der Waals surface area contributed by atoms with Gasteiger partial charge in [-0.2, -0.15) is 4.98 Å². The van der Waals surface area contributed by atoms with Crippen molar-refractivity contribution in [2.24, 2.45) is 0 Å². The van der Waals surface area contributed by atoms with Gasteiger partial charge < -0.3 is 14.9 Å². The molecule has 0 aliphatic heterocycles. The number of hydrogen-bond acceptors (Lipinski definition) is 6. The maximum Gasteiger partial charge on any atom is 0.316 e. The van der Waals surface area contributed by atoms with Crippen molar-refractivity contribution >= 4 is 26.6 Å². The summed E-state index contributed by atoms with van der Waals surface area (Å²) in [6, 6.07) is 4.82. The van der Waals surface area contributed by atoms with Crippen LogP contribution in [-0.4, -0.2) is 31.4 Å². The molecule has 2 N–H and O–H groups in total. The highest BCUT2D eigenvalue weighted by molar-refractivity contribution is 7.91. The van der Waals surface area contributed by atoms with E-state index in [4.69, 9.17) is 14.9 Å². The number of oxazole rings is 1. The van der Waals surface area contributed by atoms with E-state index in [9.17, 15) is 8.42 Å². The van der Waals surface area contributed by atoms with Gasteiger partial charge in [0.15, 0.2) is 5.58 Å². The fraction of sp³-hybridized carbons (Fsp3) is 0.462. The van der Waals surface area contributed by atoms with E-state index in [-0.39, 0.29) is 23.2 Å². The predicted octanol–water partition coefficient (Wildman–Crippen LogP) is 2.00. The lowest BCUT2D eigenvalue weighted by Gasteiger charge is -2.18. The summed E-state index contributed by atoms with van der Waals surface area (Å²) in [4.78, 5) is 3.97. The van der Waals surface area contributed by atoms with Crippen LogP contribution in [0, 0.1) is 0 Å². The molecule has 0 saturated carbocycles. The zero-order chi connectivity index (χ0) is 15.0. The Bertz CT molecular complexity index is 714. The molecule has 0 aliphatic rings. The highest BCUT2D eigenvalue weighted by Crippen LogP contribution is 2.22. The molecule has 0 saturated heterocycles. The lowest BCUT2D eigenvalue weighted by Crippen LogP contribution is -2.23. The molecular weight excluding hydrogens is 280 g/mol. The average molecular weight is 298 g/mol. The van der Waals surface area contributed by atoms with E-state index >= 15 is 0 Å². The molecule has 0 spiro atoms. The number of benzene rings is 1. The normalized spacial score (nSPS) is 12.9. The Morgan fingerprint density at radius 3 is 2.70 bits per heavy atom. The topological polar surface area (TPSA) is 95.4 Å². The van der Waals surface area contributed by atoms with Gasteiger partial charge in [0.05, 0.1) is 18.0 Å². The van der Waals surface area contributed by atoms with Crippen molar-refractivity contribution in [3.05, 3.63) is 18.2 Å². The van der Waals surface area contributed by atoms with Gasteiger partial charge in [-0.05, 0) is 32.9 Å². The third-order valence-electron chi connectivity index (χ3n) is 2.55. The number of fused-ring (bicyclic) bond motifs is 1.